The van der Waals surface area contributed by atoms with Crippen LogP contribution in [0.1, 0.15) is 25.6 Å². The van der Waals surface area contributed by atoms with E-state index in [-0.39, 0.29) is 12.1 Å². The van der Waals surface area contributed by atoms with E-state index in [2.05, 4.69) is 21.0 Å². The molecule has 5 heteroatoms. The van der Waals surface area contributed by atoms with E-state index in [1.807, 2.05) is 20.9 Å². The van der Waals surface area contributed by atoms with Crippen molar-refractivity contribution in [3.63, 3.8) is 0 Å². The van der Waals surface area contributed by atoms with Gasteiger partial charge in [-0.25, -0.2) is 0 Å². The fraction of sp³-hybridized carbons (Fsp3) is 0.667. The third-order valence-electron chi connectivity index (χ3n) is 1.90. The Hall–Kier alpha value is -0.390. The molecular weight excluding hydrogens is 246 g/mol. The van der Waals surface area contributed by atoms with Crippen molar-refractivity contribution in [3.8, 4) is 0 Å². The number of nitrogens with two attached hydrogens (primary N) is 1. The second-order valence-corrected chi connectivity index (χ2v) is 4.34. The first-order chi connectivity index (χ1) is 6.52. The molecule has 1 aromatic heterocycles. The van der Waals surface area contributed by atoms with Crippen LogP contribution in [0.5, 0.6) is 0 Å². The Balaban J connectivity index is 2.64. The number of hydrogen-bond acceptors (Lipinski definition) is 3. The Morgan fingerprint density at radius 2 is 2.29 bits per heavy atom. The van der Waals surface area contributed by atoms with Gasteiger partial charge in [0, 0.05) is 7.05 Å². The second-order valence-electron chi connectivity index (χ2n) is 3.49. The molecule has 0 bridgehead atoms. The summed E-state index contributed by atoms with van der Waals surface area (Å²) in [5.74, 6) is 0. The van der Waals surface area contributed by atoms with Gasteiger partial charge in [-0.05, 0) is 29.8 Å². The highest BCUT2D eigenvalue weighted by Crippen LogP contribution is 2.21. The van der Waals surface area contributed by atoms with Crippen molar-refractivity contribution in [1.29, 1.82) is 0 Å². The van der Waals surface area contributed by atoms with E-state index in [1.165, 1.54) is 0 Å². The monoisotopic (exact) mass is 261 g/mol. The average molecular weight is 262 g/mol. The van der Waals surface area contributed by atoms with E-state index in [1.54, 1.807) is 10.9 Å². The highest BCUT2D eigenvalue weighted by Gasteiger charge is 2.15. The molecule has 0 aliphatic carbocycles. The highest BCUT2D eigenvalue weighted by atomic mass is 79.9. The number of hydrogen-bond donors (Lipinski definition) is 1. The molecule has 1 heterocycles. The van der Waals surface area contributed by atoms with E-state index in [0.29, 0.717) is 6.61 Å². The summed E-state index contributed by atoms with van der Waals surface area (Å²) < 4.78 is 8.14. The fourth-order valence-corrected chi connectivity index (χ4v) is 1.85. The SMILES string of the molecule is CC(C)OCC(N)c1c(Br)cnn1C. The molecule has 0 aromatic carbocycles. The lowest BCUT2D eigenvalue weighted by Gasteiger charge is -2.15. The van der Waals surface area contributed by atoms with E-state index in [4.69, 9.17) is 10.5 Å². The molecular formula is C9H16BrN3O. The maximum atomic E-state index is 5.97. The van der Waals surface area contributed by atoms with Gasteiger partial charge >= 0.3 is 0 Å². The van der Waals surface area contributed by atoms with Crippen LogP contribution in [-0.2, 0) is 11.8 Å². The van der Waals surface area contributed by atoms with Crippen LogP contribution in [0.25, 0.3) is 0 Å². The number of rotatable bonds is 4. The molecule has 0 saturated carbocycles. The van der Waals surface area contributed by atoms with Gasteiger partial charge in [0.15, 0.2) is 0 Å². The van der Waals surface area contributed by atoms with Gasteiger partial charge in [-0.15, -0.1) is 0 Å². The van der Waals surface area contributed by atoms with Gasteiger partial charge in [0.1, 0.15) is 0 Å². The van der Waals surface area contributed by atoms with Crippen molar-refractivity contribution in [3.05, 3.63) is 16.4 Å². The van der Waals surface area contributed by atoms with Gasteiger partial charge < -0.3 is 10.5 Å². The predicted octanol–water partition coefficient (Wildman–Crippen LogP) is 1.61. The maximum absolute atomic E-state index is 5.97. The first kappa shape index (κ1) is 11.7. The first-order valence-electron chi connectivity index (χ1n) is 4.57. The Morgan fingerprint density at radius 1 is 1.64 bits per heavy atom. The molecule has 0 fully saturated rings. The summed E-state index contributed by atoms with van der Waals surface area (Å²) >= 11 is 3.41. The van der Waals surface area contributed by atoms with Crippen molar-refractivity contribution in [1.82, 2.24) is 9.78 Å². The molecule has 14 heavy (non-hydrogen) atoms. The lowest BCUT2D eigenvalue weighted by Crippen LogP contribution is -2.22. The zero-order valence-electron chi connectivity index (χ0n) is 8.70. The molecule has 1 atom stereocenters. The predicted molar refractivity (Wildman–Crippen MR) is 58.9 cm³/mol. The number of aryl methyl sites for hydroxylation is 1. The van der Waals surface area contributed by atoms with Crippen molar-refractivity contribution < 1.29 is 4.74 Å². The minimum absolute atomic E-state index is 0.140. The highest BCUT2D eigenvalue weighted by molar-refractivity contribution is 9.10. The van der Waals surface area contributed by atoms with Crippen LogP contribution in [0.15, 0.2) is 10.7 Å². The second kappa shape index (κ2) is 4.91. The number of aromatic nitrogens is 2. The normalized spacial score (nSPS) is 13.6. The van der Waals surface area contributed by atoms with E-state index >= 15 is 0 Å². The lowest BCUT2D eigenvalue weighted by molar-refractivity contribution is 0.0669. The molecule has 1 aromatic rings. The number of ether oxygens (including phenoxy) is 1. The molecule has 2 N–H and O–H groups in total. The van der Waals surface area contributed by atoms with Crippen LogP contribution in [0.4, 0.5) is 0 Å². The molecule has 0 amide bonds. The van der Waals surface area contributed by atoms with Crippen LogP contribution in [0.3, 0.4) is 0 Å². The minimum atomic E-state index is -0.140. The molecule has 0 spiro atoms. The quantitative estimate of drug-likeness (QED) is 0.896. The van der Waals surface area contributed by atoms with Gasteiger partial charge in [0.05, 0.1) is 35.1 Å². The Morgan fingerprint density at radius 3 is 2.71 bits per heavy atom. The lowest BCUT2D eigenvalue weighted by atomic mass is 10.2. The molecule has 80 valence electrons. The third-order valence-corrected chi connectivity index (χ3v) is 2.51. The molecule has 0 radical (unpaired) electrons. The van der Waals surface area contributed by atoms with Crippen LogP contribution in [-0.4, -0.2) is 22.5 Å². The Bertz CT molecular complexity index is 279. The average Bonchev–Trinajstić information content (AvgIpc) is 2.42. The summed E-state index contributed by atoms with van der Waals surface area (Å²) in [5, 5.41) is 4.10. The molecule has 0 saturated heterocycles. The van der Waals surface area contributed by atoms with Gasteiger partial charge in [-0.1, -0.05) is 0 Å². The molecule has 1 unspecified atom stereocenters. The summed E-state index contributed by atoms with van der Waals surface area (Å²) in [7, 11) is 1.87. The van der Waals surface area contributed by atoms with Crippen LogP contribution >= 0.6 is 15.9 Å². The Labute approximate surface area is 92.5 Å². The summed E-state index contributed by atoms with van der Waals surface area (Å²) in [4.78, 5) is 0. The van der Waals surface area contributed by atoms with Gasteiger partial charge in [-0.2, -0.15) is 5.10 Å². The van der Waals surface area contributed by atoms with Crippen LogP contribution in [0.2, 0.25) is 0 Å². The van der Waals surface area contributed by atoms with E-state index < -0.39 is 0 Å². The number of halogens is 1. The first-order valence-corrected chi connectivity index (χ1v) is 5.36. The minimum Gasteiger partial charge on any atom is -0.377 e. The largest absolute Gasteiger partial charge is 0.377 e. The standard InChI is InChI=1S/C9H16BrN3O/c1-6(2)14-5-8(11)9-7(10)4-12-13(9)3/h4,6,8H,5,11H2,1-3H3. The smallest absolute Gasteiger partial charge is 0.0716 e. The molecule has 1 rings (SSSR count). The summed E-state index contributed by atoms with van der Waals surface area (Å²) in [6.45, 7) is 4.49. The number of nitrogens with zero attached hydrogens (tertiary/aromatic N) is 2. The molecule has 0 aliphatic heterocycles. The molecule has 0 aliphatic rings. The third kappa shape index (κ3) is 2.80. The zero-order valence-corrected chi connectivity index (χ0v) is 10.3. The van der Waals surface area contributed by atoms with Crippen molar-refractivity contribution in [2.75, 3.05) is 6.61 Å². The molecule has 4 nitrogen and oxygen atoms in total. The van der Waals surface area contributed by atoms with Crippen molar-refractivity contribution in [2.24, 2.45) is 12.8 Å². The van der Waals surface area contributed by atoms with E-state index in [9.17, 15) is 0 Å². The summed E-state index contributed by atoms with van der Waals surface area (Å²) in [6.07, 6.45) is 1.94. The van der Waals surface area contributed by atoms with E-state index in [0.717, 1.165) is 10.2 Å². The summed E-state index contributed by atoms with van der Waals surface area (Å²) in [5.41, 5.74) is 6.94. The fourth-order valence-electron chi connectivity index (χ4n) is 1.21. The Kier molecular flexibility index (Phi) is 4.10. The van der Waals surface area contributed by atoms with Gasteiger partial charge in [-0.3, -0.25) is 4.68 Å². The van der Waals surface area contributed by atoms with Crippen molar-refractivity contribution >= 4 is 15.9 Å². The zero-order chi connectivity index (χ0) is 10.7. The maximum Gasteiger partial charge on any atom is 0.0716 e. The van der Waals surface area contributed by atoms with Gasteiger partial charge in [0.25, 0.3) is 0 Å². The van der Waals surface area contributed by atoms with Crippen LogP contribution < -0.4 is 5.73 Å². The van der Waals surface area contributed by atoms with Crippen molar-refractivity contribution in [2.45, 2.75) is 26.0 Å². The van der Waals surface area contributed by atoms with Crippen LogP contribution in [0, 0.1) is 0 Å². The summed E-state index contributed by atoms with van der Waals surface area (Å²) in [6, 6.07) is -0.140. The topological polar surface area (TPSA) is 53.1 Å². The van der Waals surface area contributed by atoms with Gasteiger partial charge in [0.2, 0.25) is 0 Å².